The van der Waals surface area contributed by atoms with E-state index in [1.165, 1.54) is 0 Å². The first kappa shape index (κ1) is 21.3. The van der Waals surface area contributed by atoms with Gasteiger partial charge in [-0.05, 0) is 43.7 Å². The van der Waals surface area contributed by atoms with Crippen molar-refractivity contribution >= 4 is 11.8 Å². The van der Waals surface area contributed by atoms with Crippen LogP contribution in [0, 0.1) is 12.3 Å². The van der Waals surface area contributed by atoms with Gasteiger partial charge in [0.2, 0.25) is 0 Å². The predicted octanol–water partition coefficient (Wildman–Crippen LogP) is 4.18. The van der Waals surface area contributed by atoms with Gasteiger partial charge in [0.25, 0.3) is 0 Å². The third kappa shape index (κ3) is 4.45. The summed E-state index contributed by atoms with van der Waals surface area (Å²) in [6.45, 7) is 11.1. The van der Waals surface area contributed by atoms with Crippen LogP contribution in [0.2, 0.25) is 0 Å². The molecule has 3 rings (SSSR count). The second-order valence-electron chi connectivity index (χ2n) is 8.62. The van der Waals surface area contributed by atoms with Gasteiger partial charge in [0.15, 0.2) is 5.78 Å². The monoisotopic (exact) mass is 397 g/mol. The molecule has 29 heavy (non-hydrogen) atoms. The zero-order valence-electron chi connectivity index (χ0n) is 18.1. The fraction of sp³-hybridized carbons (Fsp3) is 0.500. The van der Waals surface area contributed by atoms with Gasteiger partial charge in [-0.25, -0.2) is 4.79 Å². The Morgan fingerprint density at radius 2 is 1.90 bits per heavy atom. The summed E-state index contributed by atoms with van der Waals surface area (Å²) in [5, 5.41) is 3.36. The first-order valence-corrected chi connectivity index (χ1v) is 10.3. The van der Waals surface area contributed by atoms with Crippen LogP contribution >= 0.6 is 0 Å². The topological polar surface area (TPSA) is 64.6 Å². The number of rotatable bonds is 6. The number of ketones is 1. The molecule has 0 fully saturated rings. The van der Waals surface area contributed by atoms with E-state index in [-0.39, 0.29) is 17.8 Å². The summed E-state index contributed by atoms with van der Waals surface area (Å²) in [5.74, 6) is -0.702. The predicted molar refractivity (Wildman–Crippen MR) is 112 cm³/mol. The maximum atomic E-state index is 13.2. The smallest absolute Gasteiger partial charge is 0.336 e. The van der Waals surface area contributed by atoms with Crippen LogP contribution in [0.4, 0.5) is 0 Å². The number of hydrogen-bond donors (Lipinski definition) is 1. The van der Waals surface area contributed by atoms with E-state index in [1.807, 2.05) is 45.0 Å². The summed E-state index contributed by atoms with van der Waals surface area (Å²) in [4.78, 5) is 26.3. The molecular formula is C24H31NO4. The van der Waals surface area contributed by atoms with Crippen LogP contribution in [0.1, 0.15) is 57.6 Å². The van der Waals surface area contributed by atoms with Crippen LogP contribution < -0.4 is 5.32 Å². The Labute approximate surface area is 173 Å². The number of nitrogens with one attached hydrogen (secondary N) is 1. The quantitative estimate of drug-likeness (QED) is 0.576. The molecule has 0 aromatic heterocycles. The van der Waals surface area contributed by atoms with Crippen molar-refractivity contribution < 1.29 is 19.1 Å². The first-order valence-electron chi connectivity index (χ1n) is 10.3. The van der Waals surface area contributed by atoms with Gasteiger partial charge in [0.1, 0.15) is 6.61 Å². The summed E-state index contributed by atoms with van der Waals surface area (Å²) < 4.78 is 10.8. The minimum atomic E-state index is -0.407. The summed E-state index contributed by atoms with van der Waals surface area (Å²) in [7, 11) is 0. The number of benzene rings is 1. The zero-order chi connectivity index (χ0) is 21.2. The second kappa shape index (κ2) is 8.54. The van der Waals surface area contributed by atoms with E-state index in [0.29, 0.717) is 30.8 Å². The molecule has 0 radical (unpaired) electrons. The summed E-state index contributed by atoms with van der Waals surface area (Å²) in [5.41, 5.74) is 4.84. The highest BCUT2D eigenvalue weighted by molar-refractivity contribution is 6.04. The van der Waals surface area contributed by atoms with Crippen molar-refractivity contribution in [3.63, 3.8) is 0 Å². The van der Waals surface area contributed by atoms with Gasteiger partial charge >= 0.3 is 5.97 Å². The van der Waals surface area contributed by atoms with E-state index in [4.69, 9.17) is 9.47 Å². The maximum absolute atomic E-state index is 13.2. The van der Waals surface area contributed by atoms with Gasteiger partial charge in [-0.2, -0.15) is 0 Å². The van der Waals surface area contributed by atoms with E-state index < -0.39 is 11.9 Å². The van der Waals surface area contributed by atoms with Crippen LogP contribution in [0.15, 0.2) is 46.8 Å². The van der Waals surface area contributed by atoms with E-state index in [9.17, 15) is 9.59 Å². The fourth-order valence-electron chi connectivity index (χ4n) is 4.34. The molecule has 0 unspecified atom stereocenters. The molecule has 0 saturated heterocycles. The van der Waals surface area contributed by atoms with Crippen LogP contribution in [0.25, 0.3) is 0 Å². The summed E-state index contributed by atoms with van der Waals surface area (Å²) in [6.07, 6.45) is 1.25. The molecule has 0 bridgehead atoms. The minimum Gasteiger partial charge on any atom is -0.460 e. The molecule has 0 spiro atoms. The SMILES string of the molecule is CCOCCOC(=O)C1=C(C)NC2=C(C(=O)CC(C)(C)C2)[C@H]1c1ccccc1C. The molecule has 1 aromatic carbocycles. The average molecular weight is 398 g/mol. The van der Waals surface area contributed by atoms with Gasteiger partial charge in [-0.15, -0.1) is 0 Å². The Morgan fingerprint density at radius 3 is 2.59 bits per heavy atom. The molecule has 2 aliphatic rings. The van der Waals surface area contributed by atoms with Crippen LogP contribution in [0.5, 0.6) is 0 Å². The minimum absolute atomic E-state index is 0.101. The fourth-order valence-corrected chi connectivity index (χ4v) is 4.34. The number of dihydropyridines is 1. The Balaban J connectivity index is 2.05. The molecule has 156 valence electrons. The highest BCUT2D eigenvalue weighted by Gasteiger charge is 2.43. The molecular weight excluding hydrogens is 366 g/mol. The number of carbonyl (C=O) groups excluding carboxylic acids is 2. The van der Waals surface area contributed by atoms with Crippen molar-refractivity contribution in [1.82, 2.24) is 5.32 Å². The highest BCUT2D eigenvalue weighted by atomic mass is 16.6. The normalized spacial score (nSPS) is 21.0. The van der Waals surface area contributed by atoms with Gasteiger partial charge in [0, 0.05) is 35.9 Å². The summed E-state index contributed by atoms with van der Waals surface area (Å²) in [6, 6.07) is 7.94. The largest absolute Gasteiger partial charge is 0.460 e. The van der Waals surface area contributed by atoms with E-state index >= 15 is 0 Å². The molecule has 1 atom stereocenters. The molecule has 1 aromatic rings. The number of aryl methyl sites for hydroxylation is 1. The molecule has 1 heterocycles. The lowest BCUT2D eigenvalue weighted by molar-refractivity contribution is -0.140. The van der Waals surface area contributed by atoms with Crippen molar-refractivity contribution in [1.29, 1.82) is 0 Å². The van der Waals surface area contributed by atoms with Crippen LogP contribution in [0.3, 0.4) is 0 Å². The Bertz CT molecular complexity index is 879. The lowest BCUT2D eigenvalue weighted by Crippen LogP contribution is -2.39. The molecule has 0 saturated carbocycles. The van der Waals surface area contributed by atoms with Crippen molar-refractivity contribution in [2.24, 2.45) is 5.41 Å². The molecule has 5 nitrogen and oxygen atoms in total. The zero-order valence-corrected chi connectivity index (χ0v) is 18.1. The molecule has 1 aliphatic heterocycles. The van der Waals surface area contributed by atoms with Gasteiger partial charge < -0.3 is 14.8 Å². The van der Waals surface area contributed by atoms with E-state index in [1.54, 1.807) is 0 Å². The van der Waals surface area contributed by atoms with E-state index in [2.05, 4.69) is 19.2 Å². The van der Waals surface area contributed by atoms with Gasteiger partial charge in [0.05, 0.1) is 12.2 Å². The Hall–Kier alpha value is -2.40. The second-order valence-corrected chi connectivity index (χ2v) is 8.62. The average Bonchev–Trinajstić information content (AvgIpc) is 2.63. The maximum Gasteiger partial charge on any atom is 0.336 e. The number of ether oxygens (including phenoxy) is 2. The van der Waals surface area contributed by atoms with Gasteiger partial charge in [-0.3, -0.25) is 4.79 Å². The number of esters is 1. The summed E-state index contributed by atoms with van der Waals surface area (Å²) >= 11 is 0. The highest BCUT2D eigenvalue weighted by Crippen LogP contribution is 2.47. The van der Waals surface area contributed by atoms with Crippen molar-refractivity contribution in [2.45, 2.75) is 53.4 Å². The third-order valence-electron chi connectivity index (χ3n) is 5.62. The van der Waals surface area contributed by atoms with Crippen molar-refractivity contribution in [3.05, 3.63) is 57.9 Å². The molecule has 1 aliphatic carbocycles. The Kier molecular flexibility index (Phi) is 6.27. The van der Waals surface area contributed by atoms with Crippen LogP contribution in [-0.4, -0.2) is 31.6 Å². The third-order valence-corrected chi connectivity index (χ3v) is 5.62. The number of carbonyl (C=O) groups is 2. The van der Waals surface area contributed by atoms with Gasteiger partial charge in [-0.1, -0.05) is 38.1 Å². The standard InChI is InChI=1S/C24H31NO4/c1-6-28-11-12-29-23(27)20-16(3)25-18-13-24(4,5)14-19(26)22(18)21(20)17-10-8-7-9-15(17)2/h7-10,21,25H,6,11-14H2,1-5H3/t21-/m0/s1. The number of allylic oxidation sites excluding steroid dienone is 3. The Morgan fingerprint density at radius 1 is 1.17 bits per heavy atom. The van der Waals surface area contributed by atoms with Crippen molar-refractivity contribution in [3.8, 4) is 0 Å². The van der Waals surface area contributed by atoms with Crippen LogP contribution in [-0.2, 0) is 19.1 Å². The molecule has 5 heteroatoms. The van der Waals surface area contributed by atoms with E-state index in [0.717, 1.165) is 28.9 Å². The molecule has 0 amide bonds. The number of hydrogen-bond acceptors (Lipinski definition) is 5. The molecule has 1 N–H and O–H groups in total. The van der Waals surface area contributed by atoms with Crippen molar-refractivity contribution in [2.75, 3.05) is 19.8 Å². The lowest BCUT2D eigenvalue weighted by atomic mass is 9.68. The first-order chi connectivity index (χ1) is 13.7. The lowest BCUT2D eigenvalue weighted by Gasteiger charge is -2.39. The number of Topliss-reactive ketones (excluding diaryl/α,β-unsaturated/α-hetero) is 1.